The van der Waals surface area contributed by atoms with E-state index in [2.05, 4.69) is 120 Å². The number of fused-ring (bicyclic) bond motifs is 2. The molecule has 0 spiro atoms. The molecular weight excluding hydrogens is 410 g/mol. The van der Waals surface area contributed by atoms with Crippen LogP contribution in [0.3, 0.4) is 0 Å². The summed E-state index contributed by atoms with van der Waals surface area (Å²) in [6.07, 6.45) is 3.49. The first-order valence-electron chi connectivity index (χ1n) is 11.5. The van der Waals surface area contributed by atoms with Crippen molar-refractivity contribution in [2.45, 2.75) is 26.2 Å². The normalized spacial score (nSPS) is 15.5. The number of thiazole rings is 1. The number of hydrogen-bond donors (Lipinski definition) is 0. The van der Waals surface area contributed by atoms with Gasteiger partial charge in [0.2, 0.25) is 10.5 Å². The average Bonchev–Trinajstić information content (AvgIpc) is 3.16. The van der Waals surface area contributed by atoms with Crippen LogP contribution >= 0.6 is 11.3 Å². The fourth-order valence-corrected chi connectivity index (χ4v) is 6.01. The molecule has 1 atom stereocenters. The van der Waals surface area contributed by atoms with Gasteiger partial charge in [-0.2, -0.15) is 4.57 Å². The summed E-state index contributed by atoms with van der Waals surface area (Å²) in [7, 11) is 2.20. The summed E-state index contributed by atoms with van der Waals surface area (Å²) in [6.45, 7) is 6.46. The van der Waals surface area contributed by atoms with Crippen LogP contribution in [0.4, 0.5) is 11.4 Å². The van der Waals surface area contributed by atoms with Crippen LogP contribution in [0.25, 0.3) is 10.2 Å². The van der Waals surface area contributed by atoms with E-state index in [0.29, 0.717) is 5.92 Å². The zero-order valence-corrected chi connectivity index (χ0v) is 19.8. The smallest absolute Gasteiger partial charge is 0.239 e. The van der Waals surface area contributed by atoms with E-state index < -0.39 is 0 Å². The van der Waals surface area contributed by atoms with E-state index in [0.717, 1.165) is 19.5 Å². The highest BCUT2D eigenvalue weighted by molar-refractivity contribution is 7.18. The Kier molecular flexibility index (Phi) is 5.71. The van der Waals surface area contributed by atoms with Crippen molar-refractivity contribution in [3.05, 3.63) is 101 Å². The van der Waals surface area contributed by atoms with Crippen LogP contribution in [0.5, 0.6) is 0 Å². The second kappa shape index (κ2) is 8.79. The van der Waals surface area contributed by atoms with Crippen LogP contribution in [0.1, 0.15) is 30.3 Å². The van der Waals surface area contributed by atoms with Gasteiger partial charge in [-0.05, 0) is 49.8 Å². The molecule has 5 rings (SSSR count). The molecule has 162 valence electrons. The largest absolute Gasteiger partial charge is 0.359 e. The van der Waals surface area contributed by atoms with E-state index in [-0.39, 0.29) is 0 Å². The molecule has 3 aromatic carbocycles. The third kappa shape index (κ3) is 3.59. The van der Waals surface area contributed by atoms with Crippen molar-refractivity contribution < 1.29 is 4.57 Å². The minimum atomic E-state index is 0.334. The Hall–Kier alpha value is -3.11. The van der Waals surface area contributed by atoms with E-state index in [1.54, 1.807) is 0 Å². The van der Waals surface area contributed by atoms with Crippen molar-refractivity contribution >= 4 is 32.9 Å². The van der Waals surface area contributed by atoms with E-state index in [1.165, 1.54) is 38.0 Å². The predicted octanol–water partition coefficient (Wildman–Crippen LogP) is 6.39. The number of hydrogen-bond acceptors (Lipinski definition) is 3. The SMILES string of the molecule is CCN(CC)C1=CC(Cc2sc3ccccc3[n+]2C)c2ccccc2N1c1ccccc1. The highest BCUT2D eigenvalue weighted by Gasteiger charge is 2.31. The van der Waals surface area contributed by atoms with Gasteiger partial charge in [0, 0.05) is 30.8 Å². The van der Waals surface area contributed by atoms with Crippen molar-refractivity contribution in [3.8, 4) is 0 Å². The highest BCUT2D eigenvalue weighted by atomic mass is 32.1. The fourth-order valence-electron chi connectivity index (χ4n) is 4.80. The monoisotopic (exact) mass is 440 g/mol. The molecule has 1 aromatic heterocycles. The van der Waals surface area contributed by atoms with Gasteiger partial charge in [-0.3, -0.25) is 4.90 Å². The number of aromatic nitrogens is 1. The Bertz CT molecular complexity index is 1250. The molecule has 1 aliphatic rings. The van der Waals surface area contributed by atoms with E-state index >= 15 is 0 Å². The Morgan fingerprint density at radius 3 is 2.31 bits per heavy atom. The standard InChI is InChI=1S/C28H30N3S/c1-4-30(5-2)27-19-21(20-28-29(3)25-17-11-12-18-26(25)32-28)23-15-9-10-16-24(23)31(27)22-13-7-6-8-14-22/h6-19,21H,4-5,20H2,1-3H3/q+1. The number of para-hydroxylation sites is 3. The molecule has 1 unspecified atom stereocenters. The highest BCUT2D eigenvalue weighted by Crippen LogP contribution is 2.43. The second-order valence-electron chi connectivity index (χ2n) is 8.26. The van der Waals surface area contributed by atoms with Crippen molar-refractivity contribution in [1.29, 1.82) is 0 Å². The minimum absolute atomic E-state index is 0.334. The summed E-state index contributed by atoms with van der Waals surface area (Å²) >= 11 is 1.92. The summed E-state index contributed by atoms with van der Waals surface area (Å²) < 4.78 is 3.73. The topological polar surface area (TPSA) is 10.4 Å². The molecule has 0 aliphatic carbocycles. The second-order valence-corrected chi connectivity index (χ2v) is 9.38. The predicted molar refractivity (Wildman–Crippen MR) is 135 cm³/mol. The molecule has 0 fully saturated rings. The Morgan fingerprint density at radius 2 is 1.56 bits per heavy atom. The number of anilines is 2. The first kappa shape index (κ1) is 20.8. The Balaban J connectivity index is 1.64. The molecule has 0 N–H and O–H groups in total. The summed E-state index contributed by atoms with van der Waals surface area (Å²) in [5.74, 6) is 1.62. The zero-order valence-electron chi connectivity index (χ0n) is 19.0. The molecule has 2 heterocycles. The van der Waals surface area contributed by atoms with Crippen LogP contribution in [0.15, 0.2) is 90.8 Å². The van der Waals surface area contributed by atoms with Crippen LogP contribution in [-0.2, 0) is 13.5 Å². The van der Waals surface area contributed by atoms with Gasteiger partial charge in [-0.1, -0.05) is 59.9 Å². The molecule has 0 bridgehead atoms. The van der Waals surface area contributed by atoms with E-state index in [1.807, 2.05) is 11.3 Å². The lowest BCUT2D eigenvalue weighted by molar-refractivity contribution is -0.648. The quantitative estimate of drug-likeness (QED) is 0.322. The van der Waals surface area contributed by atoms with Gasteiger partial charge in [0.1, 0.15) is 17.6 Å². The summed E-state index contributed by atoms with van der Waals surface area (Å²) in [4.78, 5) is 4.91. The number of benzene rings is 3. The molecule has 0 radical (unpaired) electrons. The number of nitrogens with zero attached hydrogens (tertiary/aromatic N) is 3. The van der Waals surface area contributed by atoms with Crippen LogP contribution < -0.4 is 9.47 Å². The molecule has 0 saturated heterocycles. The van der Waals surface area contributed by atoms with Crippen molar-refractivity contribution in [3.63, 3.8) is 0 Å². The maximum Gasteiger partial charge on any atom is 0.239 e. The van der Waals surface area contributed by atoms with E-state index in [4.69, 9.17) is 0 Å². The van der Waals surface area contributed by atoms with E-state index in [9.17, 15) is 0 Å². The summed E-state index contributed by atoms with van der Waals surface area (Å²) in [5, 5.41) is 1.41. The molecule has 4 aromatic rings. The zero-order chi connectivity index (χ0) is 22.1. The molecule has 32 heavy (non-hydrogen) atoms. The maximum absolute atomic E-state index is 2.49. The van der Waals surface area contributed by atoms with Gasteiger partial charge in [0.15, 0.2) is 0 Å². The number of allylic oxidation sites excluding steroid dienone is 1. The lowest BCUT2D eigenvalue weighted by atomic mass is 9.90. The lowest BCUT2D eigenvalue weighted by Gasteiger charge is -2.40. The molecule has 4 heteroatoms. The molecular formula is C28H30N3S+. The molecule has 1 aliphatic heterocycles. The first-order chi connectivity index (χ1) is 15.7. The maximum atomic E-state index is 2.49. The Morgan fingerprint density at radius 1 is 0.875 bits per heavy atom. The van der Waals surface area contributed by atoms with Crippen LogP contribution in [-0.4, -0.2) is 18.0 Å². The third-order valence-electron chi connectivity index (χ3n) is 6.48. The van der Waals surface area contributed by atoms with Crippen LogP contribution in [0, 0.1) is 0 Å². The van der Waals surface area contributed by atoms with Crippen molar-refractivity contribution in [1.82, 2.24) is 4.90 Å². The van der Waals surface area contributed by atoms with Crippen molar-refractivity contribution in [2.24, 2.45) is 7.05 Å². The van der Waals surface area contributed by atoms with Gasteiger partial charge in [0.25, 0.3) is 0 Å². The van der Waals surface area contributed by atoms with Gasteiger partial charge in [0.05, 0.1) is 12.1 Å². The first-order valence-corrected chi connectivity index (χ1v) is 12.3. The third-order valence-corrected chi connectivity index (χ3v) is 7.72. The fraction of sp³-hybridized carbons (Fsp3) is 0.250. The number of aryl methyl sites for hydroxylation is 1. The minimum Gasteiger partial charge on any atom is -0.359 e. The van der Waals surface area contributed by atoms with Gasteiger partial charge in [-0.25, -0.2) is 0 Å². The molecule has 3 nitrogen and oxygen atoms in total. The van der Waals surface area contributed by atoms with Crippen LogP contribution in [0.2, 0.25) is 0 Å². The summed E-state index contributed by atoms with van der Waals surface area (Å²) in [5.41, 5.74) is 5.21. The average molecular weight is 441 g/mol. The molecule has 0 saturated carbocycles. The lowest BCUT2D eigenvalue weighted by Crippen LogP contribution is -2.37. The number of rotatable bonds is 6. The Labute approximate surface area is 194 Å². The van der Waals surface area contributed by atoms with Gasteiger partial charge in [-0.15, -0.1) is 0 Å². The summed E-state index contributed by atoms with van der Waals surface area (Å²) in [6, 6.07) is 28.4. The van der Waals surface area contributed by atoms with Gasteiger partial charge >= 0.3 is 0 Å². The van der Waals surface area contributed by atoms with Crippen molar-refractivity contribution in [2.75, 3.05) is 18.0 Å². The molecule has 0 amide bonds. The van der Waals surface area contributed by atoms with Gasteiger partial charge < -0.3 is 4.90 Å².